The molecule has 2 N–H and O–H groups in total. The summed E-state index contributed by atoms with van der Waals surface area (Å²) in [5, 5.41) is 15.0. The van der Waals surface area contributed by atoms with Gasteiger partial charge in [-0.25, -0.2) is 0 Å². The highest BCUT2D eigenvalue weighted by atomic mass is 32.2. The van der Waals surface area contributed by atoms with Crippen LogP contribution < -0.4 is 15.4 Å². The van der Waals surface area contributed by atoms with Gasteiger partial charge in [-0.1, -0.05) is 40.8 Å². The number of carbonyl (C=O) groups excluding carboxylic acids is 1. The molecule has 0 aliphatic heterocycles. The molecule has 0 fully saturated rings. The van der Waals surface area contributed by atoms with Crippen LogP contribution in [0, 0.1) is 6.92 Å². The molecule has 0 spiro atoms. The summed E-state index contributed by atoms with van der Waals surface area (Å²) >= 11 is 2.78. The van der Waals surface area contributed by atoms with E-state index >= 15 is 0 Å². The standard InChI is InChI=1S/C19H20N4O2S2/c1-3-25-16-10-8-14(9-11-16)20-17(24)12-26-19-23-22-18(27-19)21-15-6-4-13(2)5-7-15/h4-11H,3,12H2,1-2H3,(H,20,24)(H,21,22). The number of nitrogens with zero attached hydrogens (tertiary/aromatic N) is 2. The minimum absolute atomic E-state index is 0.0904. The lowest BCUT2D eigenvalue weighted by Gasteiger charge is -2.06. The van der Waals surface area contributed by atoms with E-state index in [1.165, 1.54) is 28.7 Å². The number of ether oxygens (including phenoxy) is 1. The van der Waals surface area contributed by atoms with Gasteiger partial charge in [0, 0.05) is 11.4 Å². The van der Waals surface area contributed by atoms with Crippen LogP contribution in [0.15, 0.2) is 52.9 Å². The van der Waals surface area contributed by atoms with Crippen LogP contribution in [-0.4, -0.2) is 28.5 Å². The van der Waals surface area contributed by atoms with Crippen molar-refractivity contribution in [3.8, 4) is 5.75 Å². The van der Waals surface area contributed by atoms with Crippen LogP contribution in [0.3, 0.4) is 0 Å². The SMILES string of the molecule is CCOc1ccc(NC(=O)CSc2nnc(Nc3ccc(C)cc3)s2)cc1. The zero-order valence-corrected chi connectivity index (χ0v) is 16.7. The Kier molecular flexibility index (Phi) is 6.67. The lowest BCUT2D eigenvalue weighted by Crippen LogP contribution is -2.13. The van der Waals surface area contributed by atoms with Gasteiger partial charge in [-0.05, 0) is 50.2 Å². The third-order valence-electron chi connectivity index (χ3n) is 3.49. The quantitative estimate of drug-likeness (QED) is 0.533. The van der Waals surface area contributed by atoms with Gasteiger partial charge in [0.1, 0.15) is 5.75 Å². The summed E-state index contributed by atoms with van der Waals surface area (Å²) in [4.78, 5) is 12.1. The van der Waals surface area contributed by atoms with Gasteiger partial charge in [-0.15, -0.1) is 10.2 Å². The number of rotatable bonds is 8. The molecule has 3 aromatic rings. The average Bonchev–Trinajstić information content (AvgIpc) is 3.11. The Morgan fingerprint density at radius 3 is 2.48 bits per heavy atom. The van der Waals surface area contributed by atoms with Gasteiger partial charge in [-0.2, -0.15) is 0 Å². The van der Waals surface area contributed by atoms with Crippen molar-refractivity contribution in [2.75, 3.05) is 23.0 Å². The number of benzene rings is 2. The third-order valence-corrected chi connectivity index (χ3v) is 5.46. The third kappa shape index (κ3) is 5.97. The molecule has 1 heterocycles. The predicted molar refractivity (Wildman–Crippen MR) is 111 cm³/mol. The molecule has 0 radical (unpaired) electrons. The maximum atomic E-state index is 12.1. The van der Waals surface area contributed by atoms with E-state index in [-0.39, 0.29) is 11.7 Å². The van der Waals surface area contributed by atoms with Crippen molar-refractivity contribution < 1.29 is 9.53 Å². The van der Waals surface area contributed by atoms with E-state index in [0.29, 0.717) is 11.7 Å². The highest BCUT2D eigenvalue weighted by Crippen LogP contribution is 2.28. The van der Waals surface area contributed by atoms with Crippen molar-refractivity contribution in [3.63, 3.8) is 0 Å². The average molecular weight is 401 g/mol. The van der Waals surface area contributed by atoms with Crippen molar-refractivity contribution in [3.05, 3.63) is 54.1 Å². The smallest absolute Gasteiger partial charge is 0.234 e. The molecule has 8 heteroatoms. The van der Waals surface area contributed by atoms with Gasteiger partial charge in [0.25, 0.3) is 0 Å². The first-order valence-electron chi connectivity index (χ1n) is 8.45. The second kappa shape index (κ2) is 9.38. The number of aromatic nitrogens is 2. The van der Waals surface area contributed by atoms with Gasteiger partial charge in [0.05, 0.1) is 12.4 Å². The topological polar surface area (TPSA) is 76.1 Å². The fraction of sp³-hybridized carbons (Fsp3) is 0.211. The molecule has 0 aliphatic rings. The van der Waals surface area contributed by atoms with E-state index < -0.39 is 0 Å². The Balaban J connectivity index is 1.47. The van der Waals surface area contributed by atoms with Gasteiger partial charge in [0.2, 0.25) is 11.0 Å². The summed E-state index contributed by atoms with van der Waals surface area (Å²) in [6, 6.07) is 15.4. The van der Waals surface area contributed by atoms with E-state index in [1.54, 1.807) is 0 Å². The molecule has 1 amide bonds. The Bertz CT molecular complexity index is 879. The first-order chi connectivity index (χ1) is 13.1. The molecule has 0 atom stereocenters. The van der Waals surface area contributed by atoms with E-state index in [0.717, 1.165) is 21.5 Å². The molecule has 0 saturated heterocycles. The van der Waals surface area contributed by atoms with Crippen molar-refractivity contribution >= 4 is 45.5 Å². The molecule has 0 aliphatic carbocycles. The molecule has 140 valence electrons. The van der Waals surface area contributed by atoms with E-state index in [1.807, 2.05) is 62.4 Å². The first-order valence-corrected chi connectivity index (χ1v) is 10.3. The van der Waals surface area contributed by atoms with E-state index in [2.05, 4.69) is 20.8 Å². The number of anilines is 3. The number of amides is 1. The number of aryl methyl sites for hydroxylation is 1. The largest absolute Gasteiger partial charge is 0.494 e. The second-order valence-corrected chi connectivity index (χ2v) is 7.86. The molecule has 2 aromatic carbocycles. The molecule has 0 bridgehead atoms. The van der Waals surface area contributed by atoms with Crippen molar-refractivity contribution in [2.45, 2.75) is 18.2 Å². The van der Waals surface area contributed by atoms with Crippen LogP contribution in [-0.2, 0) is 4.79 Å². The van der Waals surface area contributed by atoms with Crippen LogP contribution in [0.1, 0.15) is 12.5 Å². The minimum atomic E-state index is -0.0904. The summed E-state index contributed by atoms with van der Waals surface area (Å²) in [7, 11) is 0. The molecule has 6 nitrogen and oxygen atoms in total. The van der Waals surface area contributed by atoms with E-state index in [4.69, 9.17) is 4.74 Å². The number of hydrogen-bond acceptors (Lipinski definition) is 7. The van der Waals surface area contributed by atoms with Crippen LogP contribution >= 0.6 is 23.1 Å². The number of nitrogens with one attached hydrogen (secondary N) is 2. The summed E-state index contributed by atoms with van der Waals surface area (Å²) in [6.45, 7) is 4.59. The summed E-state index contributed by atoms with van der Waals surface area (Å²) in [5.41, 5.74) is 2.90. The molecule has 0 saturated carbocycles. The van der Waals surface area contributed by atoms with Crippen LogP contribution in [0.5, 0.6) is 5.75 Å². The maximum absolute atomic E-state index is 12.1. The first kappa shape index (κ1) is 19.2. The Morgan fingerprint density at radius 1 is 1.07 bits per heavy atom. The van der Waals surface area contributed by atoms with Crippen LogP contribution in [0.4, 0.5) is 16.5 Å². The monoisotopic (exact) mass is 400 g/mol. The molecule has 27 heavy (non-hydrogen) atoms. The molecule has 0 unspecified atom stereocenters. The van der Waals surface area contributed by atoms with Crippen molar-refractivity contribution in [1.29, 1.82) is 0 Å². The fourth-order valence-electron chi connectivity index (χ4n) is 2.20. The Labute approximate surface area is 166 Å². The Hall–Kier alpha value is -2.58. The lowest BCUT2D eigenvalue weighted by molar-refractivity contribution is -0.113. The zero-order valence-electron chi connectivity index (χ0n) is 15.1. The zero-order chi connectivity index (χ0) is 19.1. The number of hydrogen-bond donors (Lipinski definition) is 2. The van der Waals surface area contributed by atoms with Gasteiger partial charge >= 0.3 is 0 Å². The number of thioether (sulfide) groups is 1. The van der Waals surface area contributed by atoms with Gasteiger partial charge < -0.3 is 15.4 Å². The summed E-state index contributed by atoms with van der Waals surface area (Å²) in [6.07, 6.45) is 0. The normalized spacial score (nSPS) is 10.4. The van der Waals surface area contributed by atoms with Crippen molar-refractivity contribution in [2.24, 2.45) is 0 Å². The fourth-order valence-corrected chi connectivity index (χ4v) is 3.78. The van der Waals surface area contributed by atoms with Gasteiger partial charge in [0.15, 0.2) is 4.34 Å². The van der Waals surface area contributed by atoms with E-state index in [9.17, 15) is 4.79 Å². The molecule has 1 aromatic heterocycles. The van der Waals surface area contributed by atoms with Gasteiger partial charge in [-0.3, -0.25) is 4.79 Å². The Morgan fingerprint density at radius 2 is 1.78 bits per heavy atom. The predicted octanol–water partition coefficient (Wildman–Crippen LogP) is 4.72. The second-order valence-electron chi connectivity index (χ2n) is 5.66. The summed E-state index contributed by atoms with van der Waals surface area (Å²) < 4.78 is 6.13. The van der Waals surface area contributed by atoms with Crippen LogP contribution in [0.25, 0.3) is 0 Å². The molecule has 3 rings (SSSR count). The lowest BCUT2D eigenvalue weighted by atomic mass is 10.2. The highest BCUT2D eigenvalue weighted by molar-refractivity contribution is 8.01. The van der Waals surface area contributed by atoms with Crippen LogP contribution in [0.2, 0.25) is 0 Å². The van der Waals surface area contributed by atoms with Crippen molar-refractivity contribution in [1.82, 2.24) is 10.2 Å². The highest BCUT2D eigenvalue weighted by Gasteiger charge is 2.09. The molecular weight excluding hydrogens is 380 g/mol. The molecular formula is C19H20N4O2S2. The number of carbonyl (C=O) groups is 1. The maximum Gasteiger partial charge on any atom is 0.234 e. The summed E-state index contributed by atoms with van der Waals surface area (Å²) in [5.74, 6) is 0.964. The minimum Gasteiger partial charge on any atom is -0.494 e.